The van der Waals surface area contributed by atoms with Gasteiger partial charge < -0.3 is 10.2 Å². The number of nitrogens with one attached hydrogen (secondary N) is 1. The molecule has 1 rings (SSSR count). The van der Waals surface area contributed by atoms with Gasteiger partial charge in [0.15, 0.2) is 0 Å². The second-order valence-electron chi connectivity index (χ2n) is 5.60. The Balaban J connectivity index is 2.86. The van der Waals surface area contributed by atoms with Crippen molar-refractivity contribution in [1.82, 2.24) is 10.3 Å². The summed E-state index contributed by atoms with van der Waals surface area (Å²) in [6.45, 7) is 10.9. The first-order chi connectivity index (χ1) is 9.62. The van der Waals surface area contributed by atoms with Crippen molar-refractivity contribution in [3.8, 4) is 0 Å². The molecule has 0 saturated heterocycles. The Morgan fingerprint density at radius 2 is 1.95 bits per heavy atom. The van der Waals surface area contributed by atoms with Gasteiger partial charge in [-0.25, -0.2) is 4.98 Å². The zero-order chi connectivity index (χ0) is 15.0. The molecule has 1 heterocycles. The van der Waals surface area contributed by atoms with Gasteiger partial charge in [-0.1, -0.05) is 27.2 Å². The average Bonchev–Trinajstić information content (AvgIpc) is 2.46. The van der Waals surface area contributed by atoms with E-state index < -0.39 is 0 Å². The van der Waals surface area contributed by atoms with E-state index in [1.54, 1.807) is 0 Å². The lowest BCUT2D eigenvalue weighted by Gasteiger charge is -2.26. The quantitative estimate of drug-likeness (QED) is 0.696. The molecule has 0 aromatic carbocycles. The summed E-state index contributed by atoms with van der Waals surface area (Å²) in [7, 11) is 2.16. The third-order valence-corrected chi connectivity index (χ3v) is 3.77. The lowest BCUT2D eigenvalue weighted by molar-refractivity contribution is 0.609. The van der Waals surface area contributed by atoms with Gasteiger partial charge >= 0.3 is 0 Å². The van der Waals surface area contributed by atoms with Crippen LogP contribution in [0.2, 0.25) is 0 Å². The van der Waals surface area contributed by atoms with Crippen molar-refractivity contribution in [2.45, 2.75) is 66.0 Å². The van der Waals surface area contributed by atoms with Crippen molar-refractivity contribution in [3.63, 3.8) is 0 Å². The van der Waals surface area contributed by atoms with E-state index in [2.05, 4.69) is 57.1 Å². The summed E-state index contributed by atoms with van der Waals surface area (Å²) in [6, 6.07) is 4.99. The molecule has 1 N–H and O–H groups in total. The standard InChI is InChI=1S/C17H31N3/c1-6-9-14(4)20(5)17-12-15(13-18-10-7-2)11-16(8-3)19-17/h11-12,14,18H,6-10,13H2,1-5H3. The highest BCUT2D eigenvalue weighted by Gasteiger charge is 2.12. The molecule has 1 aromatic rings. The van der Waals surface area contributed by atoms with Crippen LogP contribution >= 0.6 is 0 Å². The van der Waals surface area contributed by atoms with Gasteiger partial charge in [-0.2, -0.15) is 0 Å². The lowest BCUT2D eigenvalue weighted by Crippen LogP contribution is -2.29. The fourth-order valence-corrected chi connectivity index (χ4v) is 2.34. The molecule has 0 spiro atoms. The Morgan fingerprint density at radius 3 is 2.55 bits per heavy atom. The third kappa shape index (κ3) is 5.12. The van der Waals surface area contributed by atoms with E-state index in [0.717, 1.165) is 25.3 Å². The van der Waals surface area contributed by atoms with Crippen LogP contribution in [0.5, 0.6) is 0 Å². The molecule has 0 saturated carbocycles. The van der Waals surface area contributed by atoms with Crippen molar-refractivity contribution < 1.29 is 0 Å². The maximum Gasteiger partial charge on any atom is 0.129 e. The van der Waals surface area contributed by atoms with E-state index in [-0.39, 0.29) is 0 Å². The fraction of sp³-hybridized carbons (Fsp3) is 0.706. The van der Waals surface area contributed by atoms with Crippen LogP contribution < -0.4 is 10.2 Å². The van der Waals surface area contributed by atoms with Gasteiger partial charge in [-0.3, -0.25) is 0 Å². The Kier molecular flexibility index (Phi) is 7.60. The summed E-state index contributed by atoms with van der Waals surface area (Å²) in [5, 5.41) is 3.48. The van der Waals surface area contributed by atoms with Gasteiger partial charge in [-0.15, -0.1) is 0 Å². The molecular weight excluding hydrogens is 246 g/mol. The number of nitrogens with zero attached hydrogens (tertiary/aromatic N) is 2. The Morgan fingerprint density at radius 1 is 1.20 bits per heavy atom. The maximum absolute atomic E-state index is 4.78. The second kappa shape index (κ2) is 8.96. The molecule has 1 atom stereocenters. The van der Waals surface area contributed by atoms with Gasteiger partial charge in [0.25, 0.3) is 0 Å². The molecule has 1 aromatic heterocycles. The molecule has 0 aliphatic carbocycles. The van der Waals surface area contributed by atoms with E-state index in [0.29, 0.717) is 6.04 Å². The number of hydrogen-bond donors (Lipinski definition) is 1. The minimum absolute atomic E-state index is 0.538. The molecule has 3 heteroatoms. The molecule has 0 aliphatic rings. The average molecular weight is 277 g/mol. The number of aryl methyl sites for hydroxylation is 1. The molecule has 114 valence electrons. The Hall–Kier alpha value is -1.09. The van der Waals surface area contributed by atoms with Crippen LogP contribution in [0.4, 0.5) is 5.82 Å². The van der Waals surface area contributed by atoms with Crippen LogP contribution in [0.25, 0.3) is 0 Å². The zero-order valence-electron chi connectivity index (χ0n) is 13.9. The van der Waals surface area contributed by atoms with Crippen molar-refractivity contribution in [2.75, 3.05) is 18.5 Å². The Labute approximate surface area is 124 Å². The maximum atomic E-state index is 4.78. The largest absolute Gasteiger partial charge is 0.357 e. The minimum Gasteiger partial charge on any atom is -0.357 e. The van der Waals surface area contributed by atoms with Crippen LogP contribution in [0.15, 0.2) is 12.1 Å². The zero-order valence-corrected chi connectivity index (χ0v) is 13.9. The summed E-state index contributed by atoms with van der Waals surface area (Å²) < 4.78 is 0. The Bertz CT molecular complexity index is 390. The SMILES string of the molecule is CCCNCc1cc(CC)nc(N(C)C(C)CCC)c1. The molecule has 0 aliphatic heterocycles. The van der Waals surface area contributed by atoms with Crippen molar-refractivity contribution >= 4 is 5.82 Å². The van der Waals surface area contributed by atoms with Gasteiger partial charge in [0.2, 0.25) is 0 Å². The van der Waals surface area contributed by atoms with E-state index in [9.17, 15) is 0 Å². The van der Waals surface area contributed by atoms with Crippen molar-refractivity contribution in [2.24, 2.45) is 0 Å². The van der Waals surface area contributed by atoms with E-state index in [1.807, 2.05) is 0 Å². The summed E-state index contributed by atoms with van der Waals surface area (Å²) >= 11 is 0. The molecule has 0 fully saturated rings. The second-order valence-corrected chi connectivity index (χ2v) is 5.60. The van der Waals surface area contributed by atoms with Crippen molar-refractivity contribution in [1.29, 1.82) is 0 Å². The van der Waals surface area contributed by atoms with Crippen LogP contribution in [0.3, 0.4) is 0 Å². The predicted molar refractivity (Wildman–Crippen MR) is 88.4 cm³/mol. The number of aromatic nitrogens is 1. The normalized spacial score (nSPS) is 12.4. The van der Waals surface area contributed by atoms with Gasteiger partial charge in [0.1, 0.15) is 5.82 Å². The number of rotatable bonds is 9. The summed E-state index contributed by atoms with van der Waals surface area (Å²) in [6.07, 6.45) is 4.58. The summed E-state index contributed by atoms with van der Waals surface area (Å²) in [5.41, 5.74) is 2.53. The van der Waals surface area contributed by atoms with E-state index in [4.69, 9.17) is 4.98 Å². The molecule has 20 heavy (non-hydrogen) atoms. The third-order valence-electron chi connectivity index (χ3n) is 3.77. The smallest absolute Gasteiger partial charge is 0.129 e. The number of hydrogen-bond acceptors (Lipinski definition) is 3. The number of anilines is 1. The van der Waals surface area contributed by atoms with E-state index >= 15 is 0 Å². The molecule has 0 bridgehead atoms. The molecule has 0 radical (unpaired) electrons. The fourth-order valence-electron chi connectivity index (χ4n) is 2.34. The summed E-state index contributed by atoms with van der Waals surface area (Å²) in [5.74, 6) is 1.11. The first-order valence-electron chi connectivity index (χ1n) is 8.05. The topological polar surface area (TPSA) is 28.2 Å². The molecule has 0 amide bonds. The van der Waals surface area contributed by atoms with Gasteiger partial charge in [-0.05, 0) is 50.4 Å². The van der Waals surface area contributed by atoms with Crippen LogP contribution in [0.1, 0.15) is 58.2 Å². The first kappa shape index (κ1) is 17.0. The number of pyridine rings is 1. The van der Waals surface area contributed by atoms with Gasteiger partial charge in [0.05, 0.1) is 0 Å². The minimum atomic E-state index is 0.538. The predicted octanol–water partition coefficient (Wildman–Crippen LogP) is 3.77. The van der Waals surface area contributed by atoms with Crippen LogP contribution in [-0.4, -0.2) is 24.6 Å². The van der Waals surface area contributed by atoms with Gasteiger partial charge in [0, 0.05) is 25.3 Å². The molecule has 1 unspecified atom stereocenters. The monoisotopic (exact) mass is 277 g/mol. The van der Waals surface area contributed by atoms with Crippen molar-refractivity contribution in [3.05, 3.63) is 23.4 Å². The highest BCUT2D eigenvalue weighted by molar-refractivity contribution is 5.43. The lowest BCUT2D eigenvalue weighted by atomic mass is 10.1. The molecule has 3 nitrogen and oxygen atoms in total. The highest BCUT2D eigenvalue weighted by Crippen LogP contribution is 2.18. The highest BCUT2D eigenvalue weighted by atomic mass is 15.2. The van der Waals surface area contributed by atoms with Crippen LogP contribution in [0, 0.1) is 0 Å². The first-order valence-corrected chi connectivity index (χ1v) is 8.05. The summed E-state index contributed by atoms with van der Waals surface area (Å²) in [4.78, 5) is 7.09. The molecular formula is C17H31N3. The van der Waals surface area contributed by atoms with E-state index in [1.165, 1.54) is 30.5 Å². The van der Waals surface area contributed by atoms with Crippen LogP contribution in [-0.2, 0) is 13.0 Å².